The monoisotopic (exact) mass is 378 g/mol. The molecule has 3 rings (SSSR count). The van der Waals surface area contributed by atoms with Crippen molar-refractivity contribution < 1.29 is 0 Å². The van der Waals surface area contributed by atoms with Crippen molar-refractivity contribution in [1.82, 2.24) is 9.55 Å². The van der Waals surface area contributed by atoms with E-state index >= 15 is 0 Å². The molecule has 0 unspecified atom stereocenters. The lowest BCUT2D eigenvalue weighted by Gasteiger charge is -2.20. The van der Waals surface area contributed by atoms with E-state index in [1.807, 2.05) is 0 Å². The van der Waals surface area contributed by atoms with Gasteiger partial charge in [0.25, 0.3) is 0 Å². The van der Waals surface area contributed by atoms with Crippen molar-refractivity contribution in [3.63, 3.8) is 0 Å². The van der Waals surface area contributed by atoms with Gasteiger partial charge in [-0.3, -0.25) is 0 Å². The van der Waals surface area contributed by atoms with Gasteiger partial charge < -0.3 is 15.2 Å². The predicted octanol–water partition coefficient (Wildman–Crippen LogP) is 6.62. The molecule has 0 saturated heterocycles. The minimum absolute atomic E-state index is 0.508. The van der Waals surface area contributed by atoms with Crippen LogP contribution in [0.5, 0.6) is 0 Å². The maximum Gasteiger partial charge on any atom is 0.208 e. The number of rotatable bonds is 8. The Morgan fingerprint density at radius 1 is 1.00 bits per heavy atom. The highest BCUT2D eigenvalue weighted by atomic mass is 15.2. The van der Waals surface area contributed by atoms with Crippen molar-refractivity contribution in [1.29, 1.82) is 0 Å². The lowest BCUT2D eigenvalue weighted by Crippen LogP contribution is -2.19. The summed E-state index contributed by atoms with van der Waals surface area (Å²) in [6.07, 6.45) is 4.76. The molecule has 4 heteroatoms. The largest absolute Gasteiger partial charge is 0.381 e. The van der Waals surface area contributed by atoms with Gasteiger partial charge in [0.1, 0.15) is 0 Å². The number of aryl methyl sites for hydroxylation is 4. The van der Waals surface area contributed by atoms with Crippen molar-refractivity contribution in [2.24, 2.45) is 7.05 Å². The highest BCUT2D eigenvalue weighted by Crippen LogP contribution is 2.31. The zero-order valence-electron chi connectivity index (χ0n) is 18.2. The summed E-state index contributed by atoms with van der Waals surface area (Å²) in [5.74, 6) is 0.877. The van der Waals surface area contributed by atoms with Gasteiger partial charge in [0.05, 0.1) is 16.7 Å². The smallest absolute Gasteiger partial charge is 0.208 e. The number of hydrogen-bond donors (Lipinski definition) is 2. The molecule has 0 fully saturated rings. The summed E-state index contributed by atoms with van der Waals surface area (Å²) >= 11 is 0. The lowest BCUT2D eigenvalue weighted by atomic mass is 10.1. The van der Waals surface area contributed by atoms with Crippen molar-refractivity contribution in [2.45, 2.75) is 66.3 Å². The molecule has 0 bridgehead atoms. The quantitative estimate of drug-likeness (QED) is 0.462. The first-order valence-electron chi connectivity index (χ1n) is 10.5. The van der Waals surface area contributed by atoms with Crippen molar-refractivity contribution >= 4 is 28.4 Å². The third kappa shape index (κ3) is 4.16. The average Bonchev–Trinajstić information content (AvgIpc) is 2.95. The summed E-state index contributed by atoms with van der Waals surface area (Å²) in [5.41, 5.74) is 8.27. The molecule has 0 amide bonds. The number of benzene rings is 2. The van der Waals surface area contributed by atoms with Gasteiger partial charge in [0.15, 0.2) is 0 Å². The van der Waals surface area contributed by atoms with Crippen LogP contribution in [0.3, 0.4) is 0 Å². The molecule has 150 valence electrons. The van der Waals surface area contributed by atoms with Gasteiger partial charge in [-0.1, -0.05) is 50.5 Å². The Morgan fingerprint density at radius 2 is 1.64 bits per heavy atom. The normalized spacial score (nSPS) is 11.4. The fourth-order valence-corrected chi connectivity index (χ4v) is 4.19. The highest BCUT2D eigenvalue weighted by molar-refractivity contribution is 5.91. The molecule has 0 saturated carbocycles. The molecule has 0 aliphatic carbocycles. The van der Waals surface area contributed by atoms with Crippen LogP contribution in [0.2, 0.25) is 0 Å². The topological polar surface area (TPSA) is 41.9 Å². The SMILES string of the molecule is CCCC(CCC)Nc1cccc2nc(Nc3c(C)cc(C)cc3C)n(C)c12. The first-order chi connectivity index (χ1) is 13.4. The van der Waals surface area contributed by atoms with E-state index in [0.29, 0.717) is 6.04 Å². The van der Waals surface area contributed by atoms with E-state index < -0.39 is 0 Å². The summed E-state index contributed by atoms with van der Waals surface area (Å²) in [7, 11) is 2.09. The Bertz CT molecular complexity index is 926. The highest BCUT2D eigenvalue weighted by Gasteiger charge is 2.15. The molecule has 0 spiro atoms. The zero-order valence-corrected chi connectivity index (χ0v) is 18.2. The van der Waals surface area contributed by atoms with Gasteiger partial charge in [-0.2, -0.15) is 0 Å². The second-order valence-electron chi connectivity index (χ2n) is 7.99. The van der Waals surface area contributed by atoms with Crippen LogP contribution in [-0.2, 0) is 7.05 Å². The van der Waals surface area contributed by atoms with Crippen LogP contribution in [0.25, 0.3) is 11.0 Å². The summed E-state index contributed by atoms with van der Waals surface area (Å²) in [5, 5.41) is 7.36. The minimum atomic E-state index is 0.508. The van der Waals surface area contributed by atoms with Crippen LogP contribution >= 0.6 is 0 Å². The predicted molar refractivity (Wildman–Crippen MR) is 122 cm³/mol. The third-order valence-electron chi connectivity index (χ3n) is 5.44. The lowest BCUT2D eigenvalue weighted by molar-refractivity contribution is 0.586. The molecule has 1 aromatic heterocycles. The third-order valence-corrected chi connectivity index (χ3v) is 5.44. The van der Waals surface area contributed by atoms with Gasteiger partial charge in [-0.25, -0.2) is 4.98 Å². The van der Waals surface area contributed by atoms with Crippen LogP contribution in [0.4, 0.5) is 17.3 Å². The molecule has 3 aromatic rings. The van der Waals surface area contributed by atoms with Gasteiger partial charge >= 0.3 is 0 Å². The van der Waals surface area contributed by atoms with Gasteiger partial charge in [-0.05, 0) is 56.9 Å². The Hall–Kier alpha value is -2.49. The fraction of sp³-hybridized carbons (Fsp3) is 0.458. The first kappa shape index (κ1) is 20.2. The average molecular weight is 379 g/mol. The maximum absolute atomic E-state index is 4.88. The van der Waals surface area contributed by atoms with E-state index in [9.17, 15) is 0 Å². The molecule has 2 N–H and O–H groups in total. The number of anilines is 3. The second-order valence-corrected chi connectivity index (χ2v) is 7.99. The van der Waals surface area contributed by atoms with Crippen LogP contribution in [0.1, 0.15) is 56.2 Å². The number of aromatic nitrogens is 2. The van der Waals surface area contributed by atoms with Gasteiger partial charge in [0.2, 0.25) is 5.95 Å². The summed E-state index contributed by atoms with van der Waals surface area (Å²) in [6.45, 7) is 10.9. The summed E-state index contributed by atoms with van der Waals surface area (Å²) in [4.78, 5) is 4.88. The zero-order chi connectivity index (χ0) is 20.3. The van der Waals surface area contributed by atoms with Crippen LogP contribution < -0.4 is 10.6 Å². The number of nitrogens with zero attached hydrogens (tertiary/aromatic N) is 2. The molecule has 0 atom stereocenters. The molecule has 0 aliphatic rings. The minimum Gasteiger partial charge on any atom is -0.381 e. The van der Waals surface area contributed by atoms with E-state index in [0.717, 1.165) is 22.7 Å². The number of fused-ring (bicyclic) bond motifs is 1. The van der Waals surface area contributed by atoms with Crippen LogP contribution in [0.15, 0.2) is 30.3 Å². The Kier molecular flexibility index (Phi) is 6.28. The van der Waals surface area contributed by atoms with Gasteiger partial charge in [-0.15, -0.1) is 0 Å². The van der Waals surface area contributed by atoms with E-state index in [2.05, 4.69) is 87.2 Å². The molecule has 28 heavy (non-hydrogen) atoms. The van der Waals surface area contributed by atoms with Crippen molar-refractivity contribution in [3.05, 3.63) is 47.0 Å². The molecule has 0 radical (unpaired) electrons. The fourth-order valence-electron chi connectivity index (χ4n) is 4.19. The van der Waals surface area contributed by atoms with Crippen LogP contribution in [0, 0.1) is 20.8 Å². The molecule has 0 aliphatic heterocycles. The summed E-state index contributed by atoms with van der Waals surface area (Å²) in [6, 6.07) is 11.3. The van der Waals surface area contributed by atoms with E-state index in [1.54, 1.807) is 0 Å². The number of para-hydroxylation sites is 1. The number of hydrogen-bond acceptors (Lipinski definition) is 3. The first-order valence-corrected chi connectivity index (χ1v) is 10.5. The van der Waals surface area contributed by atoms with Gasteiger partial charge in [0, 0.05) is 18.8 Å². The second kappa shape index (κ2) is 8.68. The van der Waals surface area contributed by atoms with E-state index in [-0.39, 0.29) is 0 Å². The molecule has 1 heterocycles. The molecule has 4 nitrogen and oxygen atoms in total. The Labute approximate surface area is 169 Å². The number of nitrogens with one attached hydrogen (secondary N) is 2. The molecular weight excluding hydrogens is 344 g/mol. The standard InChI is InChI=1S/C24H34N4/c1-7-10-19(11-8-2)25-20-12-9-13-21-23(20)28(6)24(26-21)27-22-17(4)14-16(3)15-18(22)5/h9,12-15,19,25H,7-8,10-11H2,1-6H3,(H,26,27). The Morgan fingerprint density at radius 3 is 2.25 bits per heavy atom. The number of imidazole rings is 1. The summed E-state index contributed by atoms with van der Waals surface area (Å²) < 4.78 is 2.17. The van der Waals surface area contributed by atoms with E-state index in [1.165, 1.54) is 48.1 Å². The Balaban J connectivity index is 1.98. The van der Waals surface area contributed by atoms with E-state index in [4.69, 9.17) is 4.98 Å². The van der Waals surface area contributed by atoms with Crippen LogP contribution in [-0.4, -0.2) is 15.6 Å². The van der Waals surface area contributed by atoms with Crippen molar-refractivity contribution in [2.75, 3.05) is 10.6 Å². The maximum atomic E-state index is 4.88. The van der Waals surface area contributed by atoms with Crippen molar-refractivity contribution in [3.8, 4) is 0 Å². The molecule has 2 aromatic carbocycles. The molecular formula is C24H34N4.